The second-order valence-corrected chi connectivity index (χ2v) is 5.98. The first kappa shape index (κ1) is 15.7. The predicted octanol–water partition coefficient (Wildman–Crippen LogP) is 1.86. The van der Waals surface area contributed by atoms with Crippen molar-refractivity contribution in [2.45, 2.75) is 31.7 Å². The standard InChI is InChI=1S/C17H22N4O2/c1-20-12-18-16(19-20)13-5-7-14(8-6-13)17(23)21-10-3-2-4-15(21)9-11-22/h5-8,12,15,22H,2-4,9-11H2,1H3. The monoisotopic (exact) mass is 314 g/mol. The van der Waals surface area contributed by atoms with Crippen molar-refractivity contribution in [3.8, 4) is 11.4 Å². The SMILES string of the molecule is Cn1cnc(-c2ccc(C(=O)N3CCCCC3CCO)cc2)n1. The molecule has 122 valence electrons. The Balaban J connectivity index is 1.76. The number of piperidine rings is 1. The Kier molecular flexibility index (Phi) is 4.71. The van der Waals surface area contributed by atoms with Crippen molar-refractivity contribution in [3.63, 3.8) is 0 Å². The highest BCUT2D eigenvalue weighted by Gasteiger charge is 2.26. The van der Waals surface area contributed by atoms with Gasteiger partial charge in [-0.05, 0) is 37.8 Å². The number of hydrogen-bond donors (Lipinski definition) is 1. The van der Waals surface area contributed by atoms with E-state index in [-0.39, 0.29) is 18.6 Å². The number of likely N-dealkylation sites (tertiary alicyclic amines) is 1. The minimum Gasteiger partial charge on any atom is -0.396 e. The Labute approximate surface area is 135 Å². The Hall–Kier alpha value is -2.21. The lowest BCUT2D eigenvalue weighted by Crippen LogP contribution is -2.44. The molecule has 1 aliphatic rings. The number of aromatic nitrogens is 3. The molecule has 0 bridgehead atoms. The van der Waals surface area contributed by atoms with E-state index in [9.17, 15) is 9.90 Å². The summed E-state index contributed by atoms with van der Waals surface area (Å²) in [5.41, 5.74) is 1.57. The van der Waals surface area contributed by atoms with Crippen molar-refractivity contribution in [2.24, 2.45) is 7.05 Å². The average Bonchev–Trinajstić information content (AvgIpc) is 3.02. The third-order valence-electron chi connectivity index (χ3n) is 4.34. The molecule has 1 amide bonds. The summed E-state index contributed by atoms with van der Waals surface area (Å²) in [5, 5.41) is 13.5. The Morgan fingerprint density at radius 2 is 2.09 bits per heavy atom. The maximum atomic E-state index is 12.7. The molecule has 6 heteroatoms. The summed E-state index contributed by atoms with van der Waals surface area (Å²) in [6, 6.07) is 7.58. The number of carbonyl (C=O) groups excluding carboxylic acids is 1. The number of amides is 1. The van der Waals surface area contributed by atoms with Gasteiger partial charge in [0.25, 0.3) is 5.91 Å². The number of aliphatic hydroxyl groups excluding tert-OH is 1. The van der Waals surface area contributed by atoms with E-state index in [0.717, 1.165) is 31.4 Å². The summed E-state index contributed by atoms with van der Waals surface area (Å²) in [5.74, 6) is 0.700. The van der Waals surface area contributed by atoms with Gasteiger partial charge in [0.2, 0.25) is 0 Å². The number of carbonyl (C=O) groups is 1. The van der Waals surface area contributed by atoms with Gasteiger partial charge < -0.3 is 10.0 Å². The molecule has 1 aromatic carbocycles. The lowest BCUT2D eigenvalue weighted by molar-refractivity contribution is 0.0574. The van der Waals surface area contributed by atoms with Crippen LogP contribution in [0, 0.1) is 0 Å². The summed E-state index contributed by atoms with van der Waals surface area (Å²) in [4.78, 5) is 18.9. The molecule has 2 heterocycles. The maximum absolute atomic E-state index is 12.7. The average molecular weight is 314 g/mol. The van der Waals surface area contributed by atoms with Crippen LogP contribution in [0.4, 0.5) is 0 Å². The topological polar surface area (TPSA) is 71.2 Å². The molecule has 1 N–H and O–H groups in total. The zero-order chi connectivity index (χ0) is 16.2. The summed E-state index contributed by atoms with van der Waals surface area (Å²) < 4.78 is 1.65. The molecule has 3 rings (SSSR count). The molecule has 0 radical (unpaired) electrons. The van der Waals surface area contributed by atoms with Gasteiger partial charge in [0.05, 0.1) is 0 Å². The second kappa shape index (κ2) is 6.91. The number of benzene rings is 1. The zero-order valence-electron chi connectivity index (χ0n) is 13.4. The lowest BCUT2D eigenvalue weighted by atomic mass is 9.98. The van der Waals surface area contributed by atoms with Crippen molar-refractivity contribution in [1.29, 1.82) is 0 Å². The minimum absolute atomic E-state index is 0.0451. The second-order valence-electron chi connectivity index (χ2n) is 5.98. The van der Waals surface area contributed by atoms with Gasteiger partial charge >= 0.3 is 0 Å². The molecule has 23 heavy (non-hydrogen) atoms. The maximum Gasteiger partial charge on any atom is 0.254 e. The van der Waals surface area contributed by atoms with Crippen molar-refractivity contribution in [2.75, 3.05) is 13.2 Å². The summed E-state index contributed by atoms with van der Waals surface area (Å²) in [6.07, 6.45) is 5.44. The first-order valence-corrected chi connectivity index (χ1v) is 8.07. The number of aryl methyl sites for hydroxylation is 1. The minimum atomic E-state index is 0.0451. The summed E-state index contributed by atoms with van der Waals surface area (Å²) in [7, 11) is 1.83. The van der Waals surface area contributed by atoms with Crippen molar-refractivity contribution >= 4 is 5.91 Å². The molecular formula is C17H22N4O2. The molecule has 2 aromatic rings. The molecule has 1 atom stereocenters. The molecule has 1 unspecified atom stereocenters. The van der Waals surface area contributed by atoms with E-state index in [4.69, 9.17) is 0 Å². The molecule has 0 saturated carbocycles. The highest BCUT2D eigenvalue weighted by Crippen LogP contribution is 2.23. The van der Waals surface area contributed by atoms with Crippen LogP contribution in [0.5, 0.6) is 0 Å². The molecule has 6 nitrogen and oxygen atoms in total. The number of rotatable bonds is 4. The van der Waals surface area contributed by atoms with Crippen LogP contribution in [0.15, 0.2) is 30.6 Å². The predicted molar refractivity (Wildman–Crippen MR) is 86.8 cm³/mol. The Bertz CT molecular complexity index is 663. The Morgan fingerprint density at radius 1 is 1.30 bits per heavy atom. The van der Waals surface area contributed by atoms with Gasteiger partial charge in [0.1, 0.15) is 6.33 Å². The molecule has 1 saturated heterocycles. The molecular weight excluding hydrogens is 292 g/mol. The van der Waals surface area contributed by atoms with E-state index in [1.807, 2.05) is 36.2 Å². The van der Waals surface area contributed by atoms with Gasteiger partial charge in [-0.1, -0.05) is 12.1 Å². The van der Waals surface area contributed by atoms with Gasteiger partial charge in [-0.2, -0.15) is 5.10 Å². The zero-order valence-corrected chi connectivity index (χ0v) is 13.4. The van der Waals surface area contributed by atoms with Crippen LogP contribution in [0.25, 0.3) is 11.4 Å². The fraction of sp³-hybridized carbons (Fsp3) is 0.471. The number of hydrogen-bond acceptors (Lipinski definition) is 4. The van der Waals surface area contributed by atoms with Gasteiger partial charge in [-0.25, -0.2) is 4.98 Å². The first-order valence-electron chi connectivity index (χ1n) is 8.07. The number of nitrogens with zero attached hydrogens (tertiary/aromatic N) is 4. The van der Waals surface area contributed by atoms with Crippen LogP contribution >= 0.6 is 0 Å². The van der Waals surface area contributed by atoms with Crippen LogP contribution < -0.4 is 0 Å². The van der Waals surface area contributed by atoms with Gasteiger partial charge in [0.15, 0.2) is 5.82 Å². The van der Waals surface area contributed by atoms with Crippen molar-refractivity contribution < 1.29 is 9.90 Å². The fourth-order valence-electron chi connectivity index (χ4n) is 3.12. The van der Waals surface area contributed by atoms with Crippen LogP contribution in [-0.2, 0) is 7.05 Å². The van der Waals surface area contributed by atoms with Crippen LogP contribution in [0.1, 0.15) is 36.0 Å². The van der Waals surface area contributed by atoms with Crippen LogP contribution in [0.3, 0.4) is 0 Å². The molecule has 0 aliphatic carbocycles. The molecule has 0 spiro atoms. The van der Waals surface area contributed by atoms with Gasteiger partial charge in [-0.15, -0.1) is 0 Å². The van der Waals surface area contributed by atoms with Crippen LogP contribution in [0.2, 0.25) is 0 Å². The largest absolute Gasteiger partial charge is 0.396 e. The number of aliphatic hydroxyl groups is 1. The summed E-state index contributed by atoms with van der Waals surface area (Å²) in [6.45, 7) is 0.895. The molecule has 1 aromatic heterocycles. The highest BCUT2D eigenvalue weighted by atomic mass is 16.3. The van der Waals surface area contributed by atoms with Crippen LogP contribution in [-0.4, -0.2) is 49.9 Å². The molecule has 1 aliphatic heterocycles. The fourth-order valence-corrected chi connectivity index (χ4v) is 3.12. The van der Waals surface area contributed by atoms with Crippen molar-refractivity contribution in [1.82, 2.24) is 19.7 Å². The molecule has 1 fully saturated rings. The van der Waals surface area contributed by atoms with E-state index in [1.54, 1.807) is 11.0 Å². The smallest absolute Gasteiger partial charge is 0.254 e. The Morgan fingerprint density at radius 3 is 2.74 bits per heavy atom. The van der Waals surface area contributed by atoms with E-state index in [2.05, 4.69) is 10.1 Å². The first-order chi connectivity index (χ1) is 11.2. The van der Waals surface area contributed by atoms with Crippen molar-refractivity contribution in [3.05, 3.63) is 36.2 Å². The quantitative estimate of drug-likeness (QED) is 0.935. The normalized spacial score (nSPS) is 18.2. The van der Waals surface area contributed by atoms with Gasteiger partial charge in [-0.3, -0.25) is 9.48 Å². The lowest BCUT2D eigenvalue weighted by Gasteiger charge is -2.35. The third kappa shape index (κ3) is 3.42. The van der Waals surface area contributed by atoms with E-state index in [1.165, 1.54) is 0 Å². The highest BCUT2D eigenvalue weighted by molar-refractivity contribution is 5.94. The summed E-state index contributed by atoms with van der Waals surface area (Å²) >= 11 is 0. The van der Waals surface area contributed by atoms with E-state index >= 15 is 0 Å². The van der Waals surface area contributed by atoms with Gasteiger partial charge in [0, 0.05) is 37.4 Å². The van der Waals surface area contributed by atoms with E-state index < -0.39 is 0 Å². The third-order valence-corrected chi connectivity index (χ3v) is 4.34. The van der Waals surface area contributed by atoms with E-state index in [0.29, 0.717) is 17.8 Å².